The molecule has 0 saturated carbocycles. The van der Waals surface area contributed by atoms with E-state index in [4.69, 9.17) is 32.5 Å². The molecule has 0 saturated heterocycles. The van der Waals surface area contributed by atoms with E-state index in [1.807, 2.05) is 6.07 Å². The maximum absolute atomic E-state index is 14.3. The maximum atomic E-state index is 14.3. The number of ether oxygens (including phenoxy) is 1. The highest BCUT2D eigenvalue weighted by atomic mass is 35.5. The number of hydrogen-bond acceptors (Lipinski definition) is 6. The predicted octanol–water partition coefficient (Wildman–Crippen LogP) is 7.65. The molecule has 216 valence electrons. The highest BCUT2D eigenvalue weighted by Gasteiger charge is 2.39. The van der Waals surface area contributed by atoms with Gasteiger partial charge in [-0.15, -0.1) is 0 Å². The summed E-state index contributed by atoms with van der Waals surface area (Å²) < 4.78 is 40.8. The molecule has 0 aliphatic carbocycles. The molecule has 0 fully saturated rings. The van der Waals surface area contributed by atoms with Crippen molar-refractivity contribution in [3.8, 4) is 0 Å². The third-order valence-electron chi connectivity index (χ3n) is 5.78. The molecule has 2 amide bonds. The largest absolute Gasteiger partial charge is 0.349 e. The van der Waals surface area contributed by atoms with Crippen LogP contribution < -0.4 is 14.9 Å². The molecule has 0 bridgehead atoms. The number of halogens is 2. The second-order valence-corrected chi connectivity index (χ2v) is 12.5. The number of sulfonamides is 1. The van der Waals surface area contributed by atoms with E-state index in [1.54, 1.807) is 74.5 Å². The highest BCUT2D eigenvalue weighted by Crippen LogP contribution is 2.46. The van der Waals surface area contributed by atoms with Crippen LogP contribution >= 0.6 is 31.6 Å². The molecule has 2 atom stereocenters. The number of carbonyl (C=O) groups excluding carboxylic acids is 1. The second-order valence-electron chi connectivity index (χ2n) is 8.53. The summed E-state index contributed by atoms with van der Waals surface area (Å²) in [6, 6.07) is 22.5. The first kappa shape index (κ1) is 31.0. The predicted molar refractivity (Wildman–Crippen MR) is 165 cm³/mol. The van der Waals surface area contributed by atoms with Gasteiger partial charge in [0.25, 0.3) is 10.0 Å². The molecule has 41 heavy (non-hydrogen) atoms. The van der Waals surface area contributed by atoms with Gasteiger partial charge in [-0.2, -0.15) is 0 Å². The Morgan fingerprint density at radius 2 is 1.56 bits per heavy atom. The monoisotopic (exact) mass is 635 g/mol. The van der Waals surface area contributed by atoms with Gasteiger partial charge in [-0.3, -0.25) is 0 Å². The number of nitrogens with one attached hydrogen (secondary N) is 2. The van der Waals surface area contributed by atoms with Crippen LogP contribution in [0.4, 0.5) is 21.9 Å². The molecule has 9 nitrogen and oxygen atoms in total. The lowest BCUT2D eigenvalue weighted by Gasteiger charge is -2.34. The first-order valence-electron chi connectivity index (χ1n) is 12.5. The fourth-order valence-electron chi connectivity index (χ4n) is 4.13. The van der Waals surface area contributed by atoms with Crippen LogP contribution in [-0.2, 0) is 19.3 Å². The minimum atomic E-state index is -4.44. The third-order valence-corrected chi connectivity index (χ3v) is 9.39. The van der Waals surface area contributed by atoms with Gasteiger partial charge in [0.05, 0.1) is 22.9 Å². The van der Waals surface area contributed by atoms with Gasteiger partial charge in [-0.05, 0) is 56.3 Å². The average Bonchev–Trinajstić information content (AvgIpc) is 2.93. The Hall–Kier alpha value is -2.95. The summed E-state index contributed by atoms with van der Waals surface area (Å²) >= 11 is 12.3. The number of fused-ring (bicyclic) bond motifs is 1. The quantitative estimate of drug-likeness (QED) is 0.115. The number of hydrogen-bond donors (Lipinski definition) is 3. The van der Waals surface area contributed by atoms with Gasteiger partial charge in [0.15, 0.2) is 0 Å². The molecule has 0 radical (unpaired) electrons. The number of anilines is 3. The van der Waals surface area contributed by atoms with E-state index < -0.39 is 30.4 Å². The van der Waals surface area contributed by atoms with Crippen molar-refractivity contribution in [2.45, 2.75) is 24.7 Å². The third kappa shape index (κ3) is 7.28. The molecule has 4 rings (SSSR count). The van der Waals surface area contributed by atoms with E-state index in [9.17, 15) is 18.1 Å². The van der Waals surface area contributed by atoms with Crippen LogP contribution in [0.2, 0.25) is 10.0 Å². The molecule has 0 spiro atoms. The van der Waals surface area contributed by atoms with Crippen LogP contribution in [-0.4, -0.2) is 38.5 Å². The van der Waals surface area contributed by atoms with Crippen molar-refractivity contribution in [2.24, 2.45) is 0 Å². The lowest BCUT2D eigenvalue weighted by molar-refractivity contribution is 0.109. The summed E-state index contributed by atoms with van der Waals surface area (Å²) in [6.45, 7) is 3.57. The summed E-state index contributed by atoms with van der Waals surface area (Å²) in [5.41, 5.74) is 1.23. The van der Waals surface area contributed by atoms with Crippen LogP contribution in [0.25, 0.3) is 10.8 Å². The number of benzene rings is 4. The van der Waals surface area contributed by atoms with Crippen molar-refractivity contribution < 1.29 is 27.4 Å². The topological polar surface area (TPSA) is 117 Å². The molecular formula is C28H28Cl2N3O6PS. The fourth-order valence-corrected chi connectivity index (χ4v) is 7.86. The van der Waals surface area contributed by atoms with E-state index in [0.717, 1.165) is 4.31 Å². The molecule has 0 aliphatic heterocycles. The van der Waals surface area contributed by atoms with Gasteiger partial charge >= 0.3 is 6.03 Å². The number of nitrogens with zero attached hydrogens (tertiary/aromatic N) is 1. The Morgan fingerprint density at radius 3 is 2.22 bits per heavy atom. The first-order valence-corrected chi connectivity index (χ1v) is 16.0. The van der Waals surface area contributed by atoms with Gasteiger partial charge in [0, 0.05) is 33.1 Å². The molecule has 0 aliphatic rings. The highest BCUT2D eigenvalue weighted by molar-refractivity contribution is 7.93. The van der Waals surface area contributed by atoms with E-state index in [-0.39, 0.29) is 33.8 Å². The van der Waals surface area contributed by atoms with E-state index in [0.29, 0.717) is 22.1 Å². The van der Waals surface area contributed by atoms with E-state index in [1.165, 1.54) is 18.2 Å². The Morgan fingerprint density at radius 1 is 0.902 bits per heavy atom. The molecule has 0 aromatic heterocycles. The smallest absolute Gasteiger partial charge is 0.323 e. The van der Waals surface area contributed by atoms with Gasteiger partial charge < -0.3 is 24.8 Å². The van der Waals surface area contributed by atoms with Crippen molar-refractivity contribution in [3.63, 3.8) is 0 Å². The van der Waals surface area contributed by atoms with Crippen LogP contribution in [0.1, 0.15) is 13.8 Å². The van der Waals surface area contributed by atoms with Gasteiger partial charge in [0.1, 0.15) is 0 Å². The second kappa shape index (κ2) is 13.8. The van der Waals surface area contributed by atoms with Crippen LogP contribution in [0.3, 0.4) is 0 Å². The summed E-state index contributed by atoms with van der Waals surface area (Å²) in [6.07, 6.45) is 0. The Bertz CT molecular complexity index is 1610. The first-order chi connectivity index (χ1) is 19.6. The molecular weight excluding hydrogens is 608 g/mol. The Kier molecular flexibility index (Phi) is 10.4. The Labute approximate surface area is 249 Å². The minimum Gasteiger partial charge on any atom is -0.349 e. The molecule has 4 aromatic carbocycles. The van der Waals surface area contributed by atoms with Crippen molar-refractivity contribution in [2.75, 3.05) is 28.2 Å². The van der Waals surface area contributed by atoms with Crippen LogP contribution in [0.5, 0.6) is 0 Å². The molecule has 3 N–H and O–H groups in total. The minimum absolute atomic E-state index is 0.0800. The van der Waals surface area contributed by atoms with Gasteiger partial charge in [-0.1, -0.05) is 65.7 Å². The van der Waals surface area contributed by atoms with E-state index >= 15 is 0 Å². The van der Waals surface area contributed by atoms with Crippen LogP contribution in [0, 0.1) is 0 Å². The molecule has 0 heterocycles. The lowest BCUT2D eigenvalue weighted by atomic mass is 10.1. The van der Waals surface area contributed by atoms with Gasteiger partial charge in [0.2, 0.25) is 14.3 Å². The van der Waals surface area contributed by atoms with Crippen molar-refractivity contribution in [1.29, 1.82) is 0 Å². The molecule has 2 unspecified atom stereocenters. The lowest BCUT2D eigenvalue weighted by Crippen LogP contribution is -2.41. The fraction of sp³-hybridized carbons (Fsp3) is 0.179. The average molecular weight is 636 g/mol. The van der Waals surface area contributed by atoms with Crippen molar-refractivity contribution >= 4 is 75.5 Å². The number of rotatable bonds is 11. The van der Waals surface area contributed by atoms with Gasteiger partial charge in [-0.25, -0.2) is 17.5 Å². The maximum Gasteiger partial charge on any atom is 0.323 e. The molecule has 13 heteroatoms. The molecule has 4 aromatic rings. The number of urea groups is 1. The van der Waals surface area contributed by atoms with Crippen molar-refractivity contribution in [3.05, 3.63) is 95.0 Å². The summed E-state index contributed by atoms with van der Waals surface area (Å²) in [5.74, 6) is -1.42. The number of carbonyl (C=O) groups is 1. The summed E-state index contributed by atoms with van der Waals surface area (Å²) in [7, 11) is -6.85. The van der Waals surface area contributed by atoms with Crippen LogP contribution in [0.15, 0.2) is 89.8 Å². The summed E-state index contributed by atoms with van der Waals surface area (Å²) in [4.78, 5) is 23.6. The SMILES string of the molecule is CCOC(N(c1cccc2c(NC(=O)Nc3ccccc3)cccc12)S(=O)(=O)c1cc(Cl)cc(Cl)c1)P(O)OCC. The zero-order valence-electron chi connectivity index (χ0n) is 22.1. The van der Waals surface area contributed by atoms with Crippen molar-refractivity contribution in [1.82, 2.24) is 0 Å². The summed E-state index contributed by atoms with van der Waals surface area (Å²) in [5, 5.41) is 6.84. The zero-order valence-corrected chi connectivity index (χ0v) is 25.3. The number of amides is 2. The normalized spacial score (nSPS) is 13.0. The zero-order chi connectivity index (χ0) is 29.6. The van der Waals surface area contributed by atoms with E-state index in [2.05, 4.69) is 10.6 Å². The standard InChI is InChI=1S/C28H28Cl2N3O6PS/c1-3-38-28(40(35)39-4-2)33(41(36,37)22-17-19(29)16-20(30)18-22)26-15-9-12-23-24(26)13-8-14-25(23)32-27(34)31-21-10-6-5-7-11-21/h5-18,28,35H,3-4H2,1-2H3,(H2,31,32,34). The Balaban J connectivity index is 1.86. The number of para-hydroxylation sites is 1.